The van der Waals surface area contributed by atoms with Gasteiger partial charge in [-0.05, 0) is 54.8 Å². The highest BCUT2D eigenvalue weighted by Crippen LogP contribution is 2.45. The molecule has 7 heteroatoms. The van der Waals surface area contributed by atoms with Crippen molar-refractivity contribution in [2.24, 2.45) is 0 Å². The van der Waals surface area contributed by atoms with Crippen LogP contribution in [0.1, 0.15) is 0 Å². The SMILES string of the molecule is Brc1nc2c(-c3cccs3)sc(-c3cccs3)c2nc1Br. The predicted octanol–water partition coefficient (Wildman–Crippen LogP) is 6.67. The van der Waals surface area contributed by atoms with E-state index < -0.39 is 0 Å². The summed E-state index contributed by atoms with van der Waals surface area (Å²) < 4.78 is 1.48. The summed E-state index contributed by atoms with van der Waals surface area (Å²) in [6, 6.07) is 8.40. The van der Waals surface area contributed by atoms with E-state index >= 15 is 0 Å². The van der Waals surface area contributed by atoms with Crippen LogP contribution in [0.3, 0.4) is 0 Å². The fraction of sp³-hybridized carbons (Fsp3) is 0. The minimum Gasteiger partial charge on any atom is -0.235 e. The maximum absolute atomic E-state index is 4.69. The number of rotatable bonds is 2. The first-order valence-corrected chi connectivity index (χ1v) is 10.1. The van der Waals surface area contributed by atoms with Crippen LogP contribution in [0.25, 0.3) is 30.5 Å². The van der Waals surface area contributed by atoms with Gasteiger partial charge in [0.25, 0.3) is 0 Å². The minimum atomic E-state index is 0.739. The van der Waals surface area contributed by atoms with Gasteiger partial charge >= 0.3 is 0 Å². The van der Waals surface area contributed by atoms with Gasteiger partial charge in [-0.2, -0.15) is 0 Å². The summed E-state index contributed by atoms with van der Waals surface area (Å²) in [7, 11) is 0. The first-order chi connectivity index (χ1) is 10.2. The van der Waals surface area contributed by atoms with E-state index in [1.54, 1.807) is 34.0 Å². The van der Waals surface area contributed by atoms with E-state index in [9.17, 15) is 0 Å². The second-order valence-electron chi connectivity index (χ2n) is 4.22. The van der Waals surface area contributed by atoms with Crippen molar-refractivity contribution >= 4 is 76.9 Å². The highest BCUT2D eigenvalue weighted by molar-refractivity contribution is 9.13. The molecule has 0 saturated carbocycles. The lowest BCUT2D eigenvalue weighted by molar-refractivity contribution is 1.22. The zero-order valence-electron chi connectivity index (χ0n) is 10.3. The Balaban J connectivity index is 2.09. The highest BCUT2D eigenvalue weighted by atomic mass is 79.9. The van der Waals surface area contributed by atoms with E-state index in [0.717, 1.165) is 20.2 Å². The average Bonchev–Trinajstić information content (AvgIpc) is 3.18. The van der Waals surface area contributed by atoms with E-state index in [2.05, 4.69) is 66.9 Å². The van der Waals surface area contributed by atoms with Gasteiger partial charge in [-0.1, -0.05) is 12.1 Å². The lowest BCUT2D eigenvalue weighted by Crippen LogP contribution is -1.86. The van der Waals surface area contributed by atoms with Gasteiger partial charge < -0.3 is 0 Å². The highest BCUT2D eigenvalue weighted by Gasteiger charge is 2.19. The van der Waals surface area contributed by atoms with Crippen molar-refractivity contribution in [2.45, 2.75) is 0 Å². The molecule has 4 rings (SSSR count). The smallest absolute Gasteiger partial charge is 0.139 e. The van der Waals surface area contributed by atoms with Crippen molar-refractivity contribution in [3.63, 3.8) is 0 Å². The topological polar surface area (TPSA) is 25.8 Å². The summed E-state index contributed by atoms with van der Waals surface area (Å²) in [6.07, 6.45) is 0. The van der Waals surface area contributed by atoms with E-state index in [0.29, 0.717) is 0 Å². The molecule has 4 aromatic rings. The van der Waals surface area contributed by atoms with Crippen LogP contribution in [0.15, 0.2) is 44.2 Å². The summed E-state index contributed by atoms with van der Waals surface area (Å²) in [4.78, 5) is 14.2. The molecule has 0 aliphatic heterocycles. The Bertz CT molecular complexity index is 837. The average molecular weight is 458 g/mol. The molecule has 0 aliphatic rings. The van der Waals surface area contributed by atoms with Crippen LogP contribution in [-0.4, -0.2) is 9.97 Å². The number of halogens is 2. The monoisotopic (exact) mass is 456 g/mol. The van der Waals surface area contributed by atoms with Crippen LogP contribution in [0.5, 0.6) is 0 Å². The number of nitrogens with zero attached hydrogens (tertiary/aromatic N) is 2. The van der Waals surface area contributed by atoms with E-state index in [1.807, 2.05) is 0 Å². The largest absolute Gasteiger partial charge is 0.235 e. The second-order valence-corrected chi connectivity index (χ2v) is 8.64. The molecule has 0 atom stereocenters. The van der Waals surface area contributed by atoms with Gasteiger partial charge in [0.15, 0.2) is 0 Å². The minimum absolute atomic E-state index is 0.739. The van der Waals surface area contributed by atoms with Crippen molar-refractivity contribution in [2.75, 3.05) is 0 Å². The van der Waals surface area contributed by atoms with Crippen LogP contribution in [0.4, 0.5) is 0 Å². The van der Waals surface area contributed by atoms with Gasteiger partial charge in [-0.15, -0.1) is 34.0 Å². The lowest BCUT2D eigenvalue weighted by atomic mass is 10.3. The van der Waals surface area contributed by atoms with Crippen LogP contribution in [0.2, 0.25) is 0 Å². The molecule has 2 nitrogen and oxygen atoms in total. The van der Waals surface area contributed by atoms with Gasteiger partial charge in [-0.3, -0.25) is 0 Å². The Morgan fingerprint density at radius 3 is 1.62 bits per heavy atom. The molecule has 0 saturated heterocycles. The molecule has 104 valence electrons. The molecule has 4 heterocycles. The Morgan fingerprint density at radius 1 is 0.762 bits per heavy atom. The van der Waals surface area contributed by atoms with Gasteiger partial charge in [0.05, 0.1) is 9.75 Å². The molecular formula is C14H6Br2N2S3. The number of hydrogen-bond acceptors (Lipinski definition) is 5. The van der Waals surface area contributed by atoms with Crippen LogP contribution < -0.4 is 0 Å². The molecule has 0 radical (unpaired) electrons. The van der Waals surface area contributed by atoms with Gasteiger partial charge in [0.1, 0.15) is 20.2 Å². The van der Waals surface area contributed by atoms with Crippen molar-refractivity contribution in [1.29, 1.82) is 0 Å². The van der Waals surface area contributed by atoms with Crippen molar-refractivity contribution in [3.8, 4) is 19.5 Å². The van der Waals surface area contributed by atoms with E-state index in [-0.39, 0.29) is 0 Å². The van der Waals surface area contributed by atoms with E-state index in [4.69, 9.17) is 9.97 Å². The van der Waals surface area contributed by atoms with Gasteiger partial charge in [0.2, 0.25) is 0 Å². The van der Waals surface area contributed by atoms with Crippen molar-refractivity contribution in [1.82, 2.24) is 9.97 Å². The maximum atomic E-state index is 4.69. The Labute approximate surface area is 149 Å². The second kappa shape index (κ2) is 5.55. The number of fused-ring (bicyclic) bond motifs is 1. The van der Waals surface area contributed by atoms with Crippen molar-refractivity contribution in [3.05, 3.63) is 44.2 Å². The first-order valence-electron chi connectivity index (χ1n) is 5.97. The summed E-state index contributed by atoms with van der Waals surface area (Å²) in [5, 5.41) is 4.18. The zero-order valence-corrected chi connectivity index (χ0v) is 16.0. The van der Waals surface area contributed by atoms with Gasteiger partial charge in [0, 0.05) is 9.75 Å². The first kappa shape index (κ1) is 14.0. The molecule has 0 aromatic carbocycles. The number of aromatic nitrogens is 2. The van der Waals surface area contributed by atoms with Crippen LogP contribution in [0, 0.1) is 0 Å². The molecule has 0 unspecified atom stereocenters. The van der Waals surface area contributed by atoms with E-state index in [1.165, 1.54) is 19.5 Å². The summed E-state index contributed by atoms with van der Waals surface area (Å²) in [5.74, 6) is 0. The third-order valence-electron chi connectivity index (χ3n) is 2.94. The summed E-state index contributed by atoms with van der Waals surface area (Å²) in [5.41, 5.74) is 1.92. The molecule has 0 N–H and O–H groups in total. The molecule has 0 amide bonds. The Kier molecular flexibility index (Phi) is 3.71. The maximum Gasteiger partial charge on any atom is 0.139 e. The van der Waals surface area contributed by atoms with Crippen LogP contribution >= 0.6 is 65.9 Å². The Morgan fingerprint density at radius 2 is 1.24 bits per heavy atom. The van der Waals surface area contributed by atoms with Crippen LogP contribution in [-0.2, 0) is 0 Å². The number of thiophene rings is 3. The fourth-order valence-electron chi connectivity index (χ4n) is 2.06. The summed E-state index contributed by atoms with van der Waals surface area (Å²) >= 11 is 12.1. The van der Waals surface area contributed by atoms with Gasteiger partial charge in [-0.25, -0.2) is 9.97 Å². The third-order valence-corrected chi connectivity index (χ3v) is 7.84. The molecule has 4 aromatic heterocycles. The third kappa shape index (κ3) is 2.41. The summed E-state index contributed by atoms with van der Waals surface area (Å²) in [6.45, 7) is 0. The molecule has 0 spiro atoms. The predicted molar refractivity (Wildman–Crippen MR) is 99.4 cm³/mol. The molecule has 0 bridgehead atoms. The lowest BCUT2D eigenvalue weighted by Gasteiger charge is -1.98. The fourth-order valence-corrected chi connectivity index (χ4v) is 5.48. The quantitative estimate of drug-likeness (QED) is 0.335. The Hall–Kier alpha value is -0.600. The van der Waals surface area contributed by atoms with Crippen molar-refractivity contribution < 1.29 is 0 Å². The molecule has 0 fully saturated rings. The standard InChI is InChI=1S/C14H6Br2N2S3/c15-13-14(16)18-10-9(17-13)11(7-3-1-5-19-7)21-12(10)8-4-2-6-20-8/h1-6H. The molecule has 0 aliphatic carbocycles. The zero-order chi connectivity index (χ0) is 14.4. The molecular weight excluding hydrogens is 452 g/mol. The number of hydrogen-bond donors (Lipinski definition) is 0. The molecule has 21 heavy (non-hydrogen) atoms. The normalized spacial score (nSPS) is 11.3.